The molecule has 0 amide bonds. The van der Waals surface area contributed by atoms with Gasteiger partial charge in [-0.25, -0.2) is 0 Å². The van der Waals surface area contributed by atoms with E-state index in [9.17, 15) is 0 Å². The molecule has 1 aromatic heterocycles. The van der Waals surface area contributed by atoms with Crippen LogP contribution < -0.4 is 0 Å². The molecule has 1 heterocycles. The second-order valence-electron chi connectivity index (χ2n) is 6.05. The van der Waals surface area contributed by atoms with Gasteiger partial charge in [-0.2, -0.15) is 0 Å². The van der Waals surface area contributed by atoms with Crippen LogP contribution in [0.2, 0.25) is 0 Å². The second-order valence-corrected chi connectivity index (χ2v) is 6.05. The third-order valence-corrected chi connectivity index (χ3v) is 4.99. The van der Waals surface area contributed by atoms with Crippen molar-refractivity contribution in [3.8, 4) is 0 Å². The number of nitrogens with zero attached hydrogens (tertiary/aromatic N) is 1. The molecule has 2 fully saturated rings. The number of aromatic nitrogens is 1. The van der Waals surface area contributed by atoms with E-state index in [1.54, 1.807) is 0 Å². The lowest BCUT2D eigenvalue weighted by Gasteiger charge is -2.36. The average Bonchev–Trinajstić information content (AvgIpc) is 2.85. The summed E-state index contributed by atoms with van der Waals surface area (Å²) in [5.41, 5.74) is 2.69. The van der Waals surface area contributed by atoms with Crippen LogP contribution >= 0.6 is 0 Å². The summed E-state index contributed by atoms with van der Waals surface area (Å²) in [5.74, 6) is 1.81. The maximum absolute atomic E-state index is 5.52. The van der Waals surface area contributed by atoms with Crippen LogP contribution in [0.1, 0.15) is 44.6 Å². The minimum absolute atomic E-state index is 0.0927. The van der Waals surface area contributed by atoms with Crippen LogP contribution in [-0.2, 0) is 5.41 Å². The molecular formula is C14H19NO. The summed E-state index contributed by atoms with van der Waals surface area (Å²) in [4.78, 5) is 0. The fourth-order valence-corrected chi connectivity index (χ4v) is 3.76. The van der Waals surface area contributed by atoms with Gasteiger partial charge in [0.25, 0.3) is 0 Å². The molecule has 3 rings (SSSR count). The number of allylic oxidation sites excluding steroid dienone is 1. The lowest BCUT2D eigenvalue weighted by Crippen LogP contribution is -2.30. The molecule has 0 aliphatic heterocycles. The summed E-state index contributed by atoms with van der Waals surface area (Å²) >= 11 is 0. The van der Waals surface area contributed by atoms with Crippen LogP contribution in [0.15, 0.2) is 22.7 Å². The molecule has 2 saturated carbocycles. The summed E-state index contributed by atoms with van der Waals surface area (Å²) in [7, 11) is 0. The summed E-state index contributed by atoms with van der Waals surface area (Å²) < 4.78 is 5.52. The zero-order valence-electron chi connectivity index (χ0n) is 10.3. The predicted molar refractivity (Wildman–Crippen MR) is 63.2 cm³/mol. The van der Waals surface area contributed by atoms with Gasteiger partial charge >= 0.3 is 0 Å². The van der Waals surface area contributed by atoms with E-state index in [-0.39, 0.29) is 10.8 Å². The predicted octanol–water partition coefficient (Wildman–Crippen LogP) is 3.62. The molecule has 16 heavy (non-hydrogen) atoms. The standard InChI is InChI=1S/C14H19NO/c1-9-7-12(16-15-9)14-6-5-11(8-14)13(3,4)10(14)2/h7,11H,2,5-6,8H2,1,3-4H3. The van der Waals surface area contributed by atoms with Crippen LogP contribution in [-0.4, -0.2) is 5.16 Å². The van der Waals surface area contributed by atoms with Crippen LogP contribution in [0.3, 0.4) is 0 Å². The fourth-order valence-electron chi connectivity index (χ4n) is 3.76. The quantitative estimate of drug-likeness (QED) is 0.671. The molecule has 0 saturated heterocycles. The van der Waals surface area contributed by atoms with Gasteiger partial charge in [-0.1, -0.05) is 31.2 Å². The van der Waals surface area contributed by atoms with E-state index >= 15 is 0 Å². The molecule has 2 nitrogen and oxygen atoms in total. The van der Waals surface area contributed by atoms with Gasteiger partial charge in [-0.05, 0) is 37.5 Å². The van der Waals surface area contributed by atoms with Crippen molar-refractivity contribution in [1.82, 2.24) is 5.16 Å². The highest BCUT2D eigenvalue weighted by Gasteiger charge is 2.59. The zero-order valence-corrected chi connectivity index (χ0v) is 10.3. The minimum Gasteiger partial charge on any atom is -0.360 e. The summed E-state index contributed by atoms with van der Waals surface area (Å²) in [5, 5.41) is 4.04. The van der Waals surface area contributed by atoms with Crippen molar-refractivity contribution in [2.45, 2.75) is 45.4 Å². The first-order chi connectivity index (χ1) is 7.47. The zero-order chi connectivity index (χ0) is 11.6. The van der Waals surface area contributed by atoms with Gasteiger partial charge in [0, 0.05) is 6.07 Å². The normalized spacial score (nSPS) is 35.9. The SMILES string of the molecule is C=C1C2(c3cc(C)no3)CCC(C2)C1(C)C. The van der Waals surface area contributed by atoms with E-state index in [0.717, 1.165) is 17.4 Å². The largest absolute Gasteiger partial charge is 0.360 e. The van der Waals surface area contributed by atoms with Gasteiger partial charge < -0.3 is 4.52 Å². The molecule has 2 aliphatic rings. The number of rotatable bonds is 1. The highest BCUT2D eigenvalue weighted by atomic mass is 16.5. The van der Waals surface area contributed by atoms with Crippen LogP contribution in [0.5, 0.6) is 0 Å². The second kappa shape index (κ2) is 2.79. The average molecular weight is 217 g/mol. The molecule has 2 aliphatic carbocycles. The lowest BCUT2D eigenvalue weighted by atomic mass is 9.67. The lowest BCUT2D eigenvalue weighted by molar-refractivity contribution is 0.270. The Morgan fingerprint density at radius 2 is 2.25 bits per heavy atom. The third kappa shape index (κ3) is 1.00. The van der Waals surface area contributed by atoms with E-state index in [2.05, 4.69) is 31.6 Å². The highest BCUT2D eigenvalue weighted by Crippen LogP contribution is 2.65. The Hall–Kier alpha value is -1.05. The van der Waals surface area contributed by atoms with Crippen LogP contribution in [0.4, 0.5) is 0 Å². The van der Waals surface area contributed by atoms with Crippen molar-refractivity contribution < 1.29 is 4.52 Å². The molecule has 1 aromatic rings. The monoisotopic (exact) mass is 217 g/mol. The summed E-state index contributed by atoms with van der Waals surface area (Å²) in [6.07, 6.45) is 3.69. The Balaban J connectivity index is 2.10. The Bertz CT molecular complexity index is 457. The van der Waals surface area contributed by atoms with Crippen molar-refractivity contribution in [3.05, 3.63) is 29.7 Å². The molecular weight excluding hydrogens is 198 g/mol. The van der Waals surface area contributed by atoms with E-state index < -0.39 is 0 Å². The minimum atomic E-state index is 0.0927. The molecule has 2 atom stereocenters. The maximum atomic E-state index is 5.52. The molecule has 0 spiro atoms. The van der Waals surface area contributed by atoms with Crippen molar-refractivity contribution in [1.29, 1.82) is 0 Å². The number of hydrogen-bond donors (Lipinski definition) is 0. The number of hydrogen-bond acceptors (Lipinski definition) is 2. The Morgan fingerprint density at radius 3 is 2.75 bits per heavy atom. The van der Waals surface area contributed by atoms with Gasteiger partial charge in [0.2, 0.25) is 0 Å². The molecule has 2 bridgehead atoms. The van der Waals surface area contributed by atoms with Gasteiger partial charge in [0.1, 0.15) is 5.76 Å². The molecule has 2 unspecified atom stereocenters. The van der Waals surface area contributed by atoms with Crippen molar-refractivity contribution in [2.24, 2.45) is 11.3 Å². The van der Waals surface area contributed by atoms with E-state index in [4.69, 9.17) is 4.52 Å². The topological polar surface area (TPSA) is 26.0 Å². The van der Waals surface area contributed by atoms with E-state index in [1.807, 2.05) is 6.92 Å². The van der Waals surface area contributed by atoms with Crippen molar-refractivity contribution in [2.75, 3.05) is 0 Å². The Kier molecular flexibility index (Phi) is 1.77. The molecule has 0 aromatic carbocycles. The Labute approximate surface area is 96.7 Å². The smallest absolute Gasteiger partial charge is 0.147 e. The Morgan fingerprint density at radius 1 is 1.50 bits per heavy atom. The first kappa shape index (κ1) is 10.1. The first-order valence-corrected chi connectivity index (χ1v) is 6.10. The van der Waals surface area contributed by atoms with Crippen molar-refractivity contribution in [3.63, 3.8) is 0 Å². The van der Waals surface area contributed by atoms with Gasteiger partial charge in [-0.3, -0.25) is 0 Å². The van der Waals surface area contributed by atoms with Crippen molar-refractivity contribution >= 4 is 0 Å². The number of aryl methyl sites for hydroxylation is 1. The summed E-state index contributed by atoms with van der Waals surface area (Å²) in [6, 6.07) is 2.09. The fraction of sp³-hybridized carbons (Fsp3) is 0.643. The van der Waals surface area contributed by atoms with Gasteiger partial charge in [0.05, 0.1) is 11.1 Å². The molecule has 2 heteroatoms. The van der Waals surface area contributed by atoms with Crippen LogP contribution in [0.25, 0.3) is 0 Å². The van der Waals surface area contributed by atoms with E-state index in [0.29, 0.717) is 0 Å². The van der Waals surface area contributed by atoms with Gasteiger partial charge in [-0.15, -0.1) is 0 Å². The molecule has 0 N–H and O–H groups in total. The third-order valence-electron chi connectivity index (χ3n) is 4.99. The molecule has 86 valence electrons. The maximum Gasteiger partial charge on any atom is 0.147 e. The summed E-state index contributed by atoms with van der Waals surface area (Å²) in [6.45, 7) is 11.0. The first-order valence-electron chi connectivity index (χ1n) is 6.10. The highest BCUT2D eigenvalue weighted by molar-refractivity contribution is 5.41. The number of fused-ring (bicyclic) bond motifs is 2. The van der Waals surface area contributed by atoms with Gasteiger partial charge in [0.15, 0.2) is 0 Å². The van der Waals surface area contributed by atoms with Crippen LogP contribution in [0, 0.1) is 18.3 Å². The molecule has 0 radical (unpaired) electrons. The van der Waals surface area contributed by atoms with E-state index in [1.165, 1.54) is 24.8 Å².